The molecule has 0 bridgehead atoms. The minimum Gasteiger partial charge on any atom is -0.451 e. The summed E-state index contributed by atoms with van der Waals surface area (Å²) in [6.07, 6.45) is 5.31. The lowest BCUT2D eigenvalue weighted by Crippen LogP contribution is -2.19. The molecule has 0 amide bonds. The third kappa shape index (κ3) is 2.58. The zero-order chi connectivity index (χ0) is 8.10. The molecular formula is C8H11NO2. The van der Waals surface area contributed by atoms with Gasteiger partial charge in [0.25, 0.3) is 0 Å². The van der Waals surface area contributed by atoms with E-state index in [2.05, 4.69) is 0 Å². The van der Waals surface area contributed by atoms with Crippen molar-refractivity contribution in [3.05, 3.63) is 0 Å². The summed E-state index contributed by atoms with van der Waals surface area (Å²) < 4.78 is 4.84. The van der Waals surface area contributed by atoms with E-state index in [1.807, 2.05) is 0 Å². The van der Waals surface area contributed by atoms with Crippen LogP contribution in [-0.4, -0.2) is 12.1 Å². The SMILES string of the molecule is N#CC(=O)OC1CCCCC1. The van der Waals surface area contributed by atoms with Gasteiger partial charge in [0.15, 0.2) is 6.07 Å². The Bertz CT molecular complexity index is 177. The highest BCUT2D eigenvalue weighted by atomic mass is 16.5. The van der Waals surface area contributed by atoms with Gasteiger partial charge in [0.1, 0.15) is 6.10 Å². The molecule has 0 aromatic carbocycles. The van der Waals surface area contributed by atoms with Crippen molar-refractivity contribution in [3.8, 4) is 6.07 Å². The standard InChI is InChI=1S/C8H11NO2/c9-6-8(10)11-7-4-2-1-3-5-7/h7H,1-5H2. The molecule has 1 aliphatic rings. The number of rotatable bonds is 1. The normalized spacial score (nSPS) is 18.8. The predicted octanol–water partition coefficient (Wildman–Crippen LogP) is 1.39. The third-order valence-electron chi connectivity index (χ3n) is 1.92. The number of nitrogens with zero attached hydrogens (tertiary/aromatic N) is 1. The van der Waals surface area contributed by atoms with E-state index < -0.39 is 5.97 Å². The average molecular weight is 153 g/mol. The maximum atomic E-state index is 10.5. The first-order valence-electron chi connectivity index (χ1n) is 3.93. The molecule has 0 aromatic heterocycles. The maximum Gasteiger partial charge on any atom is 0.411 e. The number of carbonyl (C=O) groups is 1. The molecule has 1 rings (SSSR count). The summed E-state index contributed by atoms with van der Waals surface area (Å²) >= 11 is 0. The smallest absolute Gasteiger partial charge is 0.411 e. The predicted molar refractivity (Wildman–Crippen MR) is 38.6 cm³/mol. The molecule has 60 valence electrons. The van der Waals surface area contributed by atoms with E-state index in [9.17, 15) is 4.79 Å². The molecule has 0 aliphatic heterocycles. The van der Waals surface area contributed by atoms with E-state index in [1.165, 1.54) is 12.5 Å². The molecule has 0 N–H and O–H groups in total. The Morgan fingerprint density at radius 2 is 2.00 bits per heavy atom. The van der Waals surface area contributed by atoms with Gasteiger partial charge in [-0.3, -0.25) is 0 Å². The van der Waals surface area contributed by atoms with Gasteiger partial charge in [0.2, 0.25) is 0 Å². The van der Waals surface area contributed by atoms with Crippen molar-refractivity contribution in [1.82, 2.24) is 0 Å². The molecule has 11 heavy (non-hydrogen) atoms. The molecule has 0 aromatic rings. The van der Waals surface area contributed by atoms with Crippen molar-refractivity contribution >= 4 is 5.97 Å². The van der Waals surface area contributed by atoms with Gasteiger partial charge in [-0.2, -0.15) is 5.26 Å². The topological polar surface area (TPSA) is 50.1 Å². The quantitative estimate of drug-likeness (QED) is 0.422. The van der Waals surface area contributed by atoms with Gasteiger partial charge in [-0.15, -0.1) is 0 Å². The van der Waals surface area contributed by atoms with Gasteiger partial charge >= 0.3 is 5.97 Å². The maximum absolute atomic E-state index is 10.5. The molecule has 1 saturated carbocycles. The molecule has 1 aliphatic carbocycles. The molecule has 1 fully saturated rings. The van der Waals surface area contributed by atoms with Crippen LogP contribution in [0.25, 0.3) is 0 Å². The van der Waals surface area contributed by atoms with Crippen LogP contribution in [0.4, 0.5) is 0 Å². The monoisotopic (exact) mass is 153 g/mol. The van der Waals surface area contributed by atoms with Crippen LogP contribution >= 0.6 is 0 Å². The summed E-state index contributed by atoms with van der Waals surface area (Å²) in [6, 6.07) is 1.45. The van der Waals surface area contributed by atoms with Crippen molar-refractivity contribution in [3.63, 3.8) is 0 Å². The lowest BCUT2D eigenvalue weighted by molar-refractivity contribution is -0.143. The van der Waals surface area contributed by atoms with Crippen molar-refractivity contribution in [2.45, 2.75) is 38.2 Å². The van der Waals surface area contributed by atoms with E-state index in [0.717, 1.165) is 25.7 Å². The molecule has 0 atom stereocenters. The second-order valence-corrected chi connectivity index (χ2v) is 2.78. The van der Waals surface area contributed by atoms with Crippen LogP contribution in [0, 0.1) is 11.3 Å². The van der Waals surface area contributed by atoms with Crippen molar-refractivity contribution in [2.24, 2.45) is 0 Å². The molecule has 3 nitrogen and oxygen atoms in total. The number of hydrogen-bond donors (Lipinski definition) is 0. The molecule has 0 heterocycles. The van der Waals surface area contributed by atoms with Crippen LogP contribution < -0.4 is 0 Å². The molecule has 0 saturated heterocycles. The zero-order valence-corrected chi connectivity index (χ0v) is 6.38. The second-order valence-electron chi connectivity index (χ2n) is 2.78. The van der Waals surface area contributed by atoms with Crippen LogP contribution in [0.3, 0.4) is 0 Å². The molecular weight excluding hydrogens is 142 g/mol. The van der Waals surface area contributed by atoms with Crippen LogP contribution in [0.2, 0.25) is 0 Å². The van der Waals surface area contributed by atoms with Crippen LogP contribution in [-0.2, 0) is 9.53 Å². The first-order valence-corrected chi connectivity index (χ1v) is 3.93. The molecule has 3 heteroatoms. The number of carbonyl (C=O) groups excluding carboxylic acids is 1. The molecule has 0 radical (unpaired) electrons. The lowest BCUT2D eigenvalue weighted by Gasteiger charge is -2.19. The van der Waals surface area contributed by atoms with Gasteiger partial charge in [-0.05, 0) is 25.7 Å². The van der Waals surface area contributed by atoms with E-state index in [1.54, 1.807) is 0 Å². The molecule has 0 spiro atoms. The number of esters is 1. The van der Waals surface area contributed by atoms with Crippen LogP contribution in [0.1, 0.15) is 32.1 Å². The summed E-state index contributed by atoms with van der Waals surface area (Å²) in [5.41, 5.74) is 0. The minimum absolute atomic E-state index is 0.0101. The Morgan fingerprint density at radius 1 is 1.36 bits per heavy atom. The van der Waals surface area contributed by atoms with E-state index in [0.29, 0.717) is 0 Å². The first-order chi connectivity index (χ1) is 5.33. The Morgan fingerprint density at radius 3 is 2.55 bits per heavy atom. The highest BCUT2D eigenvalue weighted by Gasteiger charge is 2.16. The Labute approximate surface area is 66.0 Å². The summed E-state index contributed by atoms with van der Waals surface area (Å²) in [7, 11) is 0. The summed E-state index contributed by atoms with van der Waals surface area (Å²) in [6.45, 7) is 0. The van der Waals surface area contributed by atoms with Crippen molar-refractivity contribution < 1.29 is 9.53 Å². The van der Waals surface area contributed by atoms with E-state index in [4.69, 9.17) is 10.00 Å². The van der Waals surface area contributed by atoms with Gasteiger partial charge in [0, 0.05) is 0 Å². The van der Waals surface area contributed by atoms with Crippen LogP contribution in [0.5, 0.6) is 0 Å². The molecule has 0 unspecified atom stereocenters. The van der Waals surface area contributed by atoms with E-state index >= 15 is 0 Å². The fourth-order valence-electron chi connectivity index (χ4n) is 1.36. The minimum atomic E-state index is -0.739. The number of hydrogen-bond acceptors (Lipinski definition) is 3. The summed E-state index contributed by atoms with van der Waals surface area (Å²) in [5, 5.41) is 8.14. The lowest BCUT2D eigenvalue weighted by atomic mass is 9.98. The van der Waals surface area contributed by atoms with Crippen LogP contribution in [0.15, 0.2) is 0 Å². The van der Waals surface area contributed by atoms with E-state index in [-0.39, 0.29) is 6.10 Å². The van der Waals surface area contributed by atoms with Crippen molar-refractivity contribution in [2.75, 3.05) is 0 Å². The Balaban J connectivity index is 2.25. The Hall–Kier alpha value is -1.04. The fourth-order valence-corrected chi connectivity index (χ4v) is 1.36. The average Bonchev–Trinajstić information content (AvgIpc) is 2.06. The highest BCUT2D eigenvalue weighted by molar-refractivity contribution is 5.85. The first kappa shape index (κ1) is 8.06. The zero-order valence-electron chi connectivity index (χ0n) is 6.38. The van der Waals surface area contributed by atoms with Crippen molar-refractivity contribution in [1.29, 1.82) is 5.26 Å². The van der Waals surface area contributed by atoms with Gasteiger partial charge in [-0.25, -0.2) is 4.79 Å². The van der Waals surface area contributed by atoms with Gasteiger partial charge in [-0.1, -0.05) is 6.42 Å². The second kappa shape index (κ2) is 3.97. The highest BCUT2D eigenvalue weighted by Crippen LogP contribution is 2.19. The Kier molecular flexibility index (Phi) is 2.91. The largest absolute Gasteiger partial charge is 0.451 e. The number of ether oxygens (including phenoxy) is 1. The fraction of sp³-hybridized carbons (Fsp3) is 0.750. The third-order valence-corrected chi connectivity index (χ3v) is 1.92. The summed E-state index contributed by atoms with van der Waals surface area (Å²) in [4.78, 5) is 10.5. The summed E-state index contributed by atoms with van der Waals surface area (Å²) in [5.74, 6) is -0.739. The number of nitriles is 1. The van der Waals surface area contributed by atoms with Gasteiger partial charge in [0.05, 0.1) is 0 Å². The van der Waals surface area contributed by atoms with Gasteiger partial charge < -0.3 is 4.74 Å².